The normalized spacial score (nSPS) is 17.1. The maximum atomic E-state index is 14.0. The molecule has 0 aliphatic heterocycles. The van der Waals surface area contributed by atoms with Crippen LogP contribution in [0.1, 0.15) is 31.2 Å². The smallest absolute Gasteiger partial charge is 0.127 e. The van der Waals surface area contributed by atoms with E-state index in [2.05, 4.69) is 31.9 Å². The van der Waals surface area contributed by atoms with Gasteiger partial charge in [0.1, 0.15) is 5.82 Å². The molecule has 0 radical (unpaired) electrons. The third kappa shape index (κ3) is 3.54. The molecule has 4 heteroatoms. The van der Waals surface area contributed by atoms with Crippen molar-refractivity contribution in [3.63, 3.8) is 0 Å². The second-order valence-electron chi connectivity index (χ2n) is 5.52. The summed E-state index contributed by atoms with van der Waals surface area (Å²) in [6, 6.07) is 5.02. The average Bonchev–Trinajstić information content (AvgIpc) is 2.93. The molecule has 19 heavy (non-hydrogen) atoms. The van der Waals surface area contributed by atoms with Gasteiger partial charge in [0, 0.05) is 15.7 Å². The molecule has 1 saturated carbocycles. The third-order valence-corrected chi connectivity index (χ3v) is 6.78. The van der Waals surface area contributed by atoms with Crippen molar-refractivity contribution >= 4 is 43.5 Å². The summed E-state index contributed by atoms with van der Waals surface area (Å²) >= 11 is 13.1. The van der Waals surface area contributed by atoms with E-state index in [4.69, 9.17) is 11.6 Å². The molecule has 0 N–H and O–H groups in total. The summed E-state index contributed by atoms with van der Waals surface area (Å²) in [4.78, 5) is 0. The van der Waals surface area contributed by atoms with Gasteiger partial charge in [-0.15, -0.1) is 0 Å². The Hall–Kier alpha value is 0.400. The van der Waals surface area contributed by atoms with E-state index in [1.165, 1.54) is 31.7 Å². The molecule has 106 valence electrons. The first-order valence-electron chi connectivity index (χ1n) is 6.67. The molecule has 1 aromatic rings. The summed E-state index contributed by atoms with van der Waals surface area (Å²) in [6.45, 7) is 0. The largest absolute Gasteiger partial charge is 0.207 e. The first kappa shape index (κ1) is 15.8. The quantitative estimate of drug-likeness (QED) is 0.521. The van der Waals surface area contributed by atoms with Crippen LogP contribution < -0.4 is 0 Å². The number of alkyl halides is 2. The first-order chi connectivity index (χ1) is 9.11. The molecule has 0 nitrogen and oxygen atoms in total. The Balaban J connectivity index is 2.24. The van der Waals surface area contributed by atoms with Crippen molar-refractivity contribution in [3.8, 4) is 0 Å². The summed E-state index contributed by atoms with van der Waals surface area (Å²) < 4.78 is 14.0. The Bertz CT molecular complexity index is 426. The average molecular weight is 413 g/mol. The topological polar surface area (TPSA) is 0 Å². The summed E-state index contributed by atoms with van der Waals surface area (Å²) in [5.74, 6) is 0.484. The minimum Gasteiger partial charge on any atom is -0.207 e. The number of hydrogen-bond acceptors (Lipinski definition) is 0. The minimum atomic E-state index is -0.184. The van der Waals surface area contributed by atoms with Crippen LogP contribution in [0, 0.1) is 17.2 Å². The zero-order valence-corrected chi connectivity index (χ0v) is 14.7. The molecule has 0 aromatic heterocycles. The van der Waals surface area contributed by atoms with Crippen molar-refractivity contribution in [1.82, 2.24) is 0 Å². The van der Waals surface area contributed by atoms with Crippen molar-refractivity contribution in [2.24, 2.45) is 11.3 Å². The Labute approximate surface area is 136 Å². The van der Waals surface area contributed by atoms with Crippen molar-refractivity contribution < 1.29 is 4.39 Å². The van der Waals surface area contributed by atoms with Gasteiger partial charge in [-0.2, -0.15) is 0 Å². The summed E-state index contributed by atoms with van der Waals surface area (Å²) in [6.07, 6.45) is 5.88. The van der Waals surface area contributed by atoms with E-state index in [1.54, 1.807) is 6.07 Å². The fourth-order valence-electron chi connectivity index (χ4n) is 3.08. The highest BCUT2D eigenvalue weighted by molar-refractivity contribution is 9.09. The van der Waals surface area contributed by atoms with E-state index in [1.807, 2.05) is 6.07 Å². The number of hydrogen-bond donors (Lipinski definition) is 0. The van der Waals surface area contributed by atoms with Gasteiger partial charge in [-0.1, -0.05) is 62.4 Å². The van der Waals surface area contributed by atoms with E-state index < -0.39 is 0 Å². The maximum Gasteiger partial charge on any atom is 0.127 e. The van der Waals surface area contributed by atoms with Gasteiger partial charge in [-0.3, -0.25) is 0 Å². The molecular formula is C15H18Br2ClF. The molecule has 0 unspecified atom stereocenters. The Morgan fingerprint density at radius 2 is 1.84 bits per heavy atom. The Morgan fingerprint density at radius 1 is 1.21 bits per heavy atom. The van der Waals surface area contributed by atoms with Crippen molar-refractivity contribution in [1.29, 1.82) is 0 Å². The molecular weight excluding hydrogens is 394 g/mol. The van der Waals surface area contributed by atoms with E-state index >= 15 is 0 Å². The van der Waals surface area contributed by atoms with Gasteiger partial charge in [0.15, 0.2) is 0 Å². The van der Waals surface area contributed by atoms with Crippen molar-refractivity contribution in [2.75, 3.05) is 10.7 Å². The molecule has 0 amide bonds. The zero-order valence-electron chi connectivity index (χ0n) is 10.8. The second-order valence-corrected chi connectivity index (χ2v) is 7.08. The van der Waals surface area contributed by atoms with Gasteiger partial charge in [0.25, 0.3) is 0 Å². The lowest BCUT2D eigenvalue weighted by molar-refractivity contribution is 0.230. The van der Waals surface area contributed by atoms with Crippen LogP contribution >= 0.6 is 43.5 Å². The first-order valence-corrected chi connectivity index (χ1v) is 9.29. The molecule has 1 aliphatic carbocycles. The molecule has 0 spiro atoms. The predicted molar refractivity (Wildman–Crippen MR) is 87.1 cm³/mol. The van der Waals surface area contributed by atoms with Crippen LogP contribution in [0.25, 0.3) is 0 Å². The molecule has 0 bridgehead atoms. The second kappa shape index (κ2) is 6.91. The van der Waals surface area contributed by atoms with Crippen LogP contribution in [-0.4, -0.2) is 10.7 Å². The zero-order chi connectivity index (χ0) is 13.9. The van der Waals surface area contributed by atoms with Gasteiger partial charge in [0.2, 0.25) is 0 Å². The third-order valence-electron chi connectivity index (χ3n) is 4.31. The van der Waals surface area contributed by atoms with Gasteiger partial charge >= 0.3 is 0 Å². The molecule has 1 aromatic carbocycles. The number of benzene rings is 1. The molecule has 1 aliphatic rings. The van der Waals surface area contributed by atoms with Crippen LogP contribution in [0.5, 0.6) is 0 Å². The van der Waals surface area contributed by atoms with E-state index in [0.29, 0.717) is 10.9 Å². The maximum absolute atomic E-state index is 14.0. The van der Waals surface area contributed by atoms with Crippen LogP contribution in [0.4, 0.5) is 4.39 Å². The Kier molecular flexibility index (Phi) is 5.74. The standard InChI is InChI=1S/C15H18Br2ClF/c16-9-15(10-17,12-3-1-2-4-12)8-11-5-6-13(18)7-14(11)19/h5-7,12H,1-4,8-10H2. The monoisotopic (exact) mass is 410 g/mol. The van der Waals surface area contributed by atoms with E-state index in [0.717, 1.165) is 22.6 Å². The highest BCUT2D eigenvalue weighted by atomic mass is 79.9. The van der Waals surface area contributed by atoms with Crippen LogP contribution in [0.2, 0.25) is 5.02 Å². The highest BCUT2D eigenvalue weighted by Crippen LogP contribution is 2.45. The van der Waals surface area contributed by atoms with Crippen LogP contribution in [-0.2, 0) is 6.42 Å². The summed E-state index contributed by atoms with van der Waals surface area (Å²) in [5, 5.41) is 2.26. The predicted octanol–water partition coefficient (Wildman–Crippen LogP) is 5.99. The molecule has 0 atom stereocenters. The number of rotatable bonds is 5. The lowest BCUT2D eigenvalue weighted by atomic mass is 9.73. The molecule has 0 saturated heterocycles. The lowest BCUT2D eigenvalue weighted by Crippen LogP contribution is -2.35. The SMILES string of the molecule is Fc1cc(Cl)ccc1CC(CBr)(CBr)C1CCCC1. The van der Waals surface area contributed by atoms with E-state index in [9.17, 15) is 4.39 Å². The fourth-order valence-corrected chi connectivity index (χ4v) is 5.47. The van der Waals surface area contributed by atoms with Gasteiger partial charge < -0.3 is 0 Å². The van der Waals surface area contributed by atoms with Crippen LogP contribution in [0.15, 0.2) is 18.2 Å². The summed E-state index contributed by atoms with van der Waals surface area (Å²) in [7, 11) is 0. The molecule has 1 fully saturated rings. The fraction of sp³-hybridized carbons (Fsp3) is 0.600. The van der Waals surface area contributed by atoms with Gasteiger partial charge in [0.05, 0.1) is 0 Å². The number of halogens is 4. The Morgan fingerprint density at radius 3 is 2.37 bits per heavy atom. The van der Waals surface area contributed by atoms with Gasteiger partial charge in [-0.25, -0.2) is 4.39 Å². The lowest BCUT2D eigenvalue weighted by Gasteiger charge is -2.36. The minimum absolute atomic E-state index is 0.102. The molecule has 0 heterocycles. The highest BCUT2D eigenvalue weighted by Gasteiger charge is 2.39. The molecule has 2 rings (SSSR count). The van der Waals surface area contributed by atoms with Gasteiger partial charge in [-0.05, 0) is 48.3 Å². The van der Waals surface area contributed by atoms with Crippen LogP contribution in [0.3, 0.4) is 0 Å². The van der Waals surface area contributed by atoms with Crippen molar-refractivity contribution in [2.45, 2.75) is 32.1 Å². The van der Waals surface area contributed by atoms with E-state index in [-0.39, 0.29) is 11.2 Å². The summed E-state index contributed by atoms with van der Waals surface area (Å²) in [5.41, 5.74) is 0.876. The van der Waals surface area contributed by atoms with Crippen molar-refractivity contribution in [3.05, 3.63) is 34.6 Å².